The van der Waals surface area contributed by atoms with Crippen molar-refractivity contribution in [3.8, 4) is 0 Å². The van der Waals surface area contributed by atoms with E-state index in [0.29, 0.717) is 6.04 Å². The molecule has 2 aliphatic heterocycles. The van der Waals surface area contributed by atoms with Crippen LogP contribution in [0.1, 0.15) is 12.8 Å². The summed E-state index contributed by atoms with van der Waals surface area (Å²) in [6.07, 6.45) is 4.54. The SMILES string of the molecule is Brc1ccc(N2CCN3CCCC2C3)nc1. The average Bonchev–Trinajstić information content (AvgIpc) is 2.31. The van der Waals surface area contributed by atoms with E-state index in [-0.39, 0.29) is 0 Å². The number of pyridine rings is 1. The molecule has 16 heavy (non-hydrogen) atoms. The Kier molecular flexibility index (Phi) is 2.86. The van der Waals surface area contributed by atoms with E-state index >= 15 is 0 Å². The van der Waals surface area contributed by atoms with Crippen molar-refractivity contribution in [3.63, 3.8) is 0 Å². The fourth-order valence-electron chi connectivity index (χ4n) is 2.76. The Bertz CT molecular complexity index is 365. The van der Waals surface area contributed by atoms with Crippen molar-refractivity contribution in [2.75, 3.05) is 31.1 Å². The van der Waals surface area contributed by atoms with Gasteiger partial charge < -0.3 is 4.90 Å². The van der Waals surface area contributed by atoms with Gasteiger partial charge in [0.15, 0.2) is 0 Å². The van der Waals surface area contributed by atoms with Gasteiger partial charge in [-0.2, -0.15) is 0 Å². The Labute approximate surface area is 105 Å². The number of aromatic nitrogens is 1. The predicted molar refractivity (Wildman–Crippen MR) is 68.7 cm³/mol. The fourth-order valence-corrected chi connectivity index (χ4v) is 2.99. The van der Waals surface area contributed by atoms with Crippen molar-refractivity contribution < 1.29 is 0 Å². The smallest absolute Gasteiger partial charge is 0.128 e. The quantitative estimate of drug-likeness (QED) is 0.786. The molecule has 0 amide bonds. The van der Waals surface area contributed by atoms with E-state index in [1.807, 2.05) is 6.20 Å². The first-order valence-corrected chi connectivity index (χ1v) is 6.73. The minimum Gasteiger partial charge on any atom is -0.351 e. The van der Waals surface area contributed by atoms with E-state index < -0.39 is 0 Å². The number of rotatable bonds is 1. The number of hydrogen-bond acceptors (Lipinski definition) is 3. The third kappa shape index (κ3) is 1.96. The first kappa shape index (κ1) is 10.5. The number of nitrogens with zero attached hydrogens (tertiary/aromatic N) is 3. The molecule has 0 aromatic carbocycles. The maximum Gasteiger partial charge on any atom is 0.128 e. The molecule has 2 saturated heterocycles. The minimum absolute atomic E-state index is 0.677. The molecule has 2 aliphatic rings. The number of anilines is 1. The summed E-state index contributed by atoms with van der Waals surface area (Å²) in [6.45, 7) is 4.82. The number of fused-ring (bicyclic) bond motifs is 2. The summed E-state index contributed by atoms with van der Waals surface area (Å²) in [4.78, 5) is 9.56. The molecular weight excluding hydrogens is 266 g/mol. The molecule has 1 aromatic rings. The van der Waals surface area contributed by atoms with Crippen molar-refractivity contribution in [1.82, 2.24) is 9.88 Å². The van der Waals surface area contributed by atoms with E-state index in [4.69, 9.17) is 0 Å². The Morgan fingerprint density at radius 2 is 2.19 bits per heavy atom. The molecule has 0 saturated carbocycles. The first-order valence-electron chi connectivity index (χ1n) is 5.93. The van der Waals surface area contributed by atoms with Gasteiger partial charge in [0.25, 0.3) is 0 Å². The second kappa shape index (κ2) is 4.34. The van der Waals surface area contributed by atoms with E-state index in [1.54, 1.807) is 0 Å². The lowest BCUT2D eigenvalue weighted by Crippen LogP contribution is -2.56. The molecular formula is C12H16BrN3. The highest BCUT2D eigenvalue weighted by Crippen LogP contribution is 2.25. The van der Waals surface area contributed by atoms with Crippen molar-refractivity contribution in [2.24, 2.45) is 0 Å². The Balaban J connectivity index is 1.81. The zero-order valence-electron chi connectivity index (χ0n) is 9.27. The number of piperidine rings is 1. The molecule has 0 N–H and O–H groups in total. The van der Waals surface area contributed by atoms with Crippen LogP contribution in [0, 0.1) is 0 Å². The number of hydrogen-bond donors (Lipinski definition) is 0. The van der Waals surface area contributed by atoms with Crippen LogP contribution >= 0.6 is 15.9 Å². The third-order valence-corrected chi connectivity index (χ3v) is 4.05. The zero-order valence-corrected chi connectivity index (χ0v) is 10.9. The van der Waals surface area contributed by atoms with Gasteiger partial charge in [0, 0.05) is 36.3 Å². The second-order valence-corrected chi connectivity index (χ2v) is 5.54. The van der Waals surface area contributed by atoms with Gasteiger partial charge in [-0.3, -0.25) is 4.90 Å². The van der Waals surface area contributed by atoms with Gasteiger partial charge in [0.05, 0.1) is 0 Å². The molecule has 0 spiro atoms. The lowest BCUT2D eigenvalue weighted by molar-refractivity contribution is 0.174. The lowest BCUT2D eigenvalue weighted by Gasteiger charge is -2.45. The summed E-state index contributed by atoms with van der Waals surface area (Å²) in [6, 6.07) is 4.88. The minimum atomic E-state index is 0.677. The van der Waals surface area contributed by atoms with Crippen molar-refractivity contribution >= 4 is 21.7 Å². The second-order valence-electron chi connectivity index (χ2n) is 4.62. The van der Waals surface area contributed by atoms with Crippen LogP contribution in [0.3, 0.4) is 0 Å². The molecule has 3 heterocycles. The van der Waals surface area contributed by atoms with Crippen LogP contribution < -0.4 is 4.90 Å². The van der Waals surface area contributed by atoms with E-state index in [9.17, 15) is 0 Å². The predicted octanol–water partition coefficient (Wildman–Crippen LogP) is 2.13. The van der Waals surface area contributed by atoms with Gasteiger partial charge in [-0.1, -0.05) is 0 Å². The van der Waals surface area contributed by atoms with Crippen LogP contribution in [0.15, 0.2) is 22.8 Å². The molecule has 2 atom stereocenters. The van der Waals surface area contributed by atoms with Crippen LogP contribution in [-0.4, -0.2) is 42.1 Å². The Morgan fingerprint density at radius 3 is 3.00 bits per heavy atom. The maximum atomic E-state index is 4.51. The van der Waals surface area contributed by atoms with Crippen LogP contribution in [-0.2, 0) is 0 Å². The molecule has 0 radical (unpaired) electrons. The summed E-state index contributed by atoms with van der Waals surface area (Å²) in [5, 5.41) is 0. The summed E-state index contributed by atoms with van der Waals surface area (Å²) in [5.74, 6) is 1.13. The molecule has 1 aromatic heterocycles. The summed E-state index contributed by atoms with van der Waals surface area (Å²) in [7, 11) is 0. The lowest BCUT2D eigenvalue weighted by atomic mass is 10.0. The standard InChI is InChI=1S/C12H16BrN3/c13-10-3-4-12(14-8-10)16-7-6-15-5-1-2-11(16)9-15/h3-4,8,11H,1-2,5-7,9H2. The first-order chi connectivity index (χ1) is 7.83. The van der Waals surface area contributed by atoms with Crippen LogP contribution in [0.25, 0.3) is 0 Å². The van der Waals surface area contributed by atoms with Gasteiger partial charge >= 0.3 is 0 Å². The van der Waals surface area contributed by atoms with Crippen molar-refractivity contribution in [2.45, 2.75) is 18.9 Å². The molecule has 2 unspecified atom stereocenters. The van der Waals surface area contributed by atoms with E-state index in [1.165, 1.54) is 32.5 Å². The van der Waals surface area contributed by atoms with E-state index in [2.05, 4.69) is 42.8 Å². The molecule has 2 fully saturated rings. The Hall–Kier alpha value is -0.610. The molecule has 3 rings (SSSR count). The molecule has 4 heteroatoms. The van der Waals surface area contributed by atoms with Gasteiger partial charge in [-0.15, -0.1) is 0 Å². The fraction of sp³-hybridized carbons (Fsp3) is 0.583. The Morgan fingerprint density at radius 1 is 1.25 bits per heavy atom. The highest BCUT2D eigenvalue weighted by atomic mass is 79.9. The molecule has 86 valence electrons. The van der Waals surface area contributed by atoms with Crippen LogP contribution in [0.4, 0.5) is 5.82 Å². The monoisotopic (exact) mass is 281 g/mol. The summed E-state index contributed by atoms with van der Waals surface area (Å²) < 4.78 is 1.05. The summed E-state index contributed by atoms with van der Waals surface area (Å²) >= 11 is 3.43. The van der Waals surface area contributed by atoms with Crippen molar-refractivity contribution in [1.29, 1.82) is 0 Å². The molecule has 0 aliphatic carbocycles. The van der Waals surface area contributed by atoms with Crippen LogP contribution in [0.2, 0.25) is 0 Å². The highest BCUT2D eigenvalue weighted by molar-refractivity contribution is 9.10. The van der Waals surface area contributed by atoms with Gasteiger partial charge in [0.1, 0.15) is 5.82 Å². The third-order valence-electron chi connectivity index (χ3n) is 3.58. The largest absolute Gasteiger partial charge is 0.351 e. The normalized spacial score (nSPS) is 29.2. The number of halogens is 1. The zero-order chi connectivity index (χ0) is 11.0. The van der Waals surface area contributed by atoms with Crippen LogP contribution in [0.5, 0.6) is 0 Å². The summed E-state index contributed by atoms with van der Waals surface area (Å²) in [5.41, 5.74) is 0. The van der Waals surface area contributed by atoms with Gasteiger partial charge in [0.2, 0.25) is 0 Å². The number of piperazine rings is 1. The molecule has 3 nitrogen and oxygen atoms in total. The highest BCUT2D eigenvalue weighted by Gasteiger charge is 2.30. The maximum absolute atomic E-state index is 4.51. The average molecular weight is 282 g/mol. The topological polar surface area (TPSA) is 19.4 Å². The molecule has 2 bridgehead atoms. The van der Waals surface area contributed by atoms with Crippen molar-refractivity contribution in [3.05, 3.63) is 22.8 Å². The van der Waals surface area contributed by atoms with Gasteiger partial charge in [-0.05, 0) is 47.4 Å². The van der Waals surface area contributed by atoms with Gasteiger partial charge in [-0.25, -0.2) is 4.98 Å². The van der Waals surface area contributed by atoms with E-state index in [0.717, 1.165) is 16.8 Å².